The number of fused-ring (bicyclic) bond motifs is 1. The van der Waals surface area contributed by atoms with Gasteiger partial charge in [0, 0.05) is 24.5 Å². The summed E-state index contributed by atoms with van der Waals surface area (Å²) in [5.41, 5.74) is 4.32. The highest BCUT2D eigenvalue weighted by atomic mass is 16.5. The highest BCUT2D eigenvalue weighted by Crippen LogP contribution is 2.29. The molecule has 1 N–H and O–H groups in total. The van der Waals surface area contributed by atoms with Crippen molar-refractivity contribution in [3.8, 4) is 5.75 Å². The van der Waals surface area contributed by atoms with Gasteiger partial charge in [-0.15, -0.1) is 0 Å². The maximum atomic E-state index is 5.51. The van der Waals surface area contributed by atoms with E-state index in [-0.39, 0.29) is 6.04 Å². The Hall–Kier alpha value is -2.10. The van der Waals surface area contributed by atoms with Gasteiger partial charge in [-0.3, -0.25) is 9.97 Å². The van der Waals surface area contributed by atoms with Crippen LogP contribution in [0.1, 0.15) is 29.9 Å². The molecule has 19 heavy (non-hydrogen) atoms. The van der Waals surface area contributed by atoms with Crippen molar-refractivity contribution in [2.24, 2.45) is 0 Å². The van der Waals surface area contributed by atoms with Crippen molar-refractivity contribution >= 4 is 5.69 Å². The molecule has 0 aliphatic carbocycles. The summed E-state index contributed by atoms with van der Waals surface area (Å²) in [7, 11) is 0. The van der Waals surface area contributed by atoms with Gasteiger partial charge in [-0.25, -0.2) is 0 Å². The van der Waals surface area contributed by atoms with E-state index in [1.165, 1.54) is 5.56 Å². The van der Waals surface area contributed by atoms with Gasteiger partial charge < -0.3 is 10.1 Å². The fourth-order valence-corrected chi connectivity index (χ4v) is 2.44. The summed E-state index contributed by atoms with van der Waals surface area (Å²) in [6.45, 7) is 4.87. The summed E-state index contributed by atoms with van der Waals surface area (Å²) in [5, 5.41) is 3.47. The van der Waals surface area contributed by atoms with E-state index in [2.05, 4.69) is 28.3 Å². The maximum absolute atomic E-state index is 5.51. The van der Waals surface area contributed by atoms with E-state index in [0.29, 0.717) is 0 Å². The van der Waals surface area contributed by atoms with E-state index in [1.54, 1.807) is 12.4 Å². The van der Waals surface area contributed by atoms with Crippen LogP contribution in [0.15, 0.2) is 30.6 Å². The molecule has 3 rings (SSSR count). The zero-order chi connectivity index (χ0) is 13.2. The number of aromatic nitrogens is 2. The number of rotatable bonds is 3. The van der Waals surface area contributed by atoms with Crippen LogP contribution in [0.2, 0.25) is 0 Å². The molecule has 2 aromatic rings. The lowest BCUT2D eigenvalue weighted by Gasteiger charge is -2.16. The van der Waals surface area contributed by atoms with Crippen LogP contribution in [0.25, 0.3) is 0 Å². The Kier molecular flexibility index (Phi) is 3.07. The first-order valence-electron chi connectivity index (χ1n) is 6.54. The van der Waals surface area contributed by atoms with Gasteiger partial charge in [0.15, 0.2) is 0 Å². The van der Waals surface area contributed by atoms with Crippen LogP contribution in [0.4, 0.5) is 5.69 Å². The number of hydrogen-bond donors (Lipinski definition) is 1. The number of nitrogens with zero attached hydrogens (tertiary/aromatic N) is 2. The van der Waals surface area contributed by atoms with Gasteiger partial charge in [0.05, 0.1) is 24.0 Å². The molecular formula is C15H17N3O. The summed E-state index contributed by atoms with van der Waals surface area (Å²) in [4.78, 5) is 8.67. The first-order valence-corrected chi connectivity index (χ1v) is 6.54. The molecule has 98 valence electrons. The molecule has 1 aromatic carbocycles. The van der Waals surface area contributed by atoms with E-state index < -0.39 is 0 Å². The quantitative estimate of drug-likeness (QED) is 0.916. The molecule has 0 spiro atoms. The second kappa shape index (κ2) is 4.88. The van der Waals surface area contributed by atoms with E-state index in [9.17, 15) is 0 Å². The van der Waals surface area contributed by atoms with Gasteiger partial charge in [-0.2, -0.15) is 0 Å². The molecule has 1 aromatic heterocycles. The average Bonchev–Trinajstić information content (AvgIpc) is 2.86. The molecular weight excluding hydrogens is 238 g/mol. The minimum Gasteiger partial charge on any atom is -0.493 e. The van der Waals surface area contributed by atoms with Crippen LogP contribution in [-0.4, -0.2) is 16.6 Å². The summed E-state index contributed by atoms with van der Waals surface area (Å²) in [6, 6.07) is 6.37. The lowest BCUT2D eigenvalue weighted by molar-refractivity contribution is 0.357. The van der Waals surface area contributed by atoms with Gasteiger partial charge in [-0.05, 0) is 37.6 Å². The Balaban J connectivity index is 1.80. The highest BCUT2D eigenvalue weighted by Gasteiger charge is 2.14. The third kappa shape index (κ3) is 2.38. The lowest BCUT2D eigenvalue weighted by atomic mass is 10.1. The average molecular weight is 255 g/mol. The molecule has 1 aliphatic rings. The Morgan fingerprint density at radius 2 is 2.11 bits per heavy atom. The topological polar surface area (TPSA) is 47.0 Å². The molecule has 2 heterocycles. The van der Waals surface area contributed by atoms with Crippen LogP contribution < -0.4 is 10.1 Å². The summed E-state index contributed by atoms with van der Waals surface area (Å²) >= 11 is 0. The van der Waals surface area contributed by atoms with Gasteiger partial charge in [0.1, 0.15) is 5.75 Å². The Bertz CT molecular complexity index is 598. The van der Waals surface area contributed by atoms with Crippen molar-refractivity contribution in [2.45, 2.75) is 26.3 Å². The van der Waals surface area contributed by atoms with E-state index in [1.807, 2.05) is 19.1 Å². The molecule has 4 heteroatoms. The monoisotopic (exact) mass is 255 g/mol. The second-order valence-electron chi connectivity index (χ2n) is 4.81. The smallest absolute Gasteiger partial charge is 0.122 e. The molecule has 4 nitrogen and oxygen atoms in total. The van der Waals surface area contributed by atoms with Crippen LogP contribution in [0, 0.1) is 6.92 Å². The fourth-order valence-electron chi connectivity index (χ4n) is 2.44. The first-order chi connectivity index (χ1) is 9.24. The predicted octanol–water partition coefficient (Wildman–Crippen LogP) is 2.89. The zero-order valence-electron chi connectivity index (χ0n) is 11.2. The summed E-state index contributed by atoms with van der Waals surface area (Å²) in [6.07, 6.45) is 4.44. The Morgan fingerprint density at radius 1 is 1.26 bits per heavy atom. The molecule has 1 aliphatic heterocycles. The van der Waals surface area contributed by atoms with Gasteiger partial charge in [-0.1, -0.05) is 0 Å². The molecule has 0 bridgehead atoms. The normalized spacial score (nSPS) is 14.6. The molecule has 1 unspecified atom stereocenters. The molecule has 0 fully saturated rings. The van der Waals surface area contributed by atoms with Crippen molar-refractivity contribution in [3.63, 3.8) is 0 Å². The molecule has 0 amide bonds. The van der Waals surface area contributed by atoms with E-state index in [4.69, 9.17) is 4.74 Å². The SMILES string of the molecule is Cc1nccnc1C(C)Nc1ccc2c(c1)CCO2. The number of benzene rings is 1. The number of aryl methyl sites for hydroxylation is 1. The van der Waals surface area contributed by atoms with Crippen molar-refractivity contribution in [1.82, 2.24) is 9.97 Å². The predicted molar refractivity (Wildman–Crippen MR) is 74.4 cm³/mol. The lowest BCUT2D eigenvalue weighted by Crippen LogP contribution is -2.11. The standard InChI is InChI=1S/C15H17N3O/c1-10-15(17-7-6-16-10)11(2)18-13-3-4-14-12(9-13)5-8-19-14/h3-4,6-7,9,11,18H,5,8H2,1-2H3. The van der Waals surface area contributed by atoms with Crippen LogP contribution in [0.3, 0.4) is 0 Å². The van der Waals surface area contributed by atoms with Crippen LogP contribution in [-0.2, 0) is 6.42 Å². The van der Waals surface area contributed by atoms with Gasteiger partial charge in [0.25, 0.3) is 0 Å². The van der Waals surface area contributed by atoms with E-state index >= 15 is 0 Å². The molecule has 1 atom stereocenters. The van der Waals surface area contributed by atoms with Crippen LogP contribution in [0.5, 0.6) is 5.75 Å². The first kappa shape index (κ1) is 12.0. The third-order valence-electron chi connectivity index (χ3n) is 3.40. The van der Waals surface area contributed by atoms with Crippen molar-refractivity contribution in [1.29, 1.82) is 0 Å². The Morgan fingerprint density at radius 3 is 2.95 bits per heavy atom. The zero-order valence-corrected chi connectivity index (χ0v) is 11.2. The van der Waals surface area contributed by atoms with Gasteiger partial charge >= 0.3 is 0 Å². The number of ether oxygens (including phenoxy) is 1. The highest BCUT2D eigenvalue weighted by molar-refractivity contribution is 5.53. The minimum atomic E-state index is 0.133. The molecule has 0 saturated heterocycles. The fraction of sp³-hybridized carbons (Fsp3) is 0.333. The number of nitrogens with one attached hydrogen (secondary N) is 1. The maximum Gasteiger partial charge on any atom is 0.122 e. The van der Waals surface area contributed by atoms with E-state index in [0.717, 1.165) is 35.9 Å². The third-order valence-corrected chi connectivity index (χ3v) is 3.40. The molecule has 0 saturated carbocycles. The largest absolute Gasteiger partial charge is 0.493 e. The summed E-state index contributed by atoms with van der Waals surface area (Å²) < 4.78 is 5.51. The number of anilines is 1. The second-order valence-corrected chi connectivity index (χ2v) is 4.81. The summed E-state index contributed by atoms with van der Waals surface area (Å²) in [5.74, 6) is 1.01. The van der Waals surface area contributed by atoms with Crippen molar-refractivity contribution < 1.29 is 4.74 Å². The molecule has 0 radical (unpaired) electrons. The minimum absolute atomic E-state index is 0.133. The van der Waals surface area contributed by atoms with Gasteiger partial charge in [0.2, 0.25) is 0 Å². The number of hydrogen-bond acceptors (Lipinski definition) is 4. The van der Waals surface area contributed by atoms with Crippen LogP contribution >= 0.6 is 0 Å². The van der Waals surface area contributed by atoms with Crippen molar-refractivity contribution in [2.75, 3.05) is 11.9 Å². The van der Waals surface area contributed by atoms with Crippen molar-refractivity contribution in [3.05, 3.63) is 47.5 Å². The Labute approximate surface area is 112 Å².